The number of nitrogens with two attached hydrogens (primary N) is 1. The minimum Gasteiger partial charge on any atom is -0.355 e. The highest BCUT2D eigenvalue weighted by Crippen LogP contribution is 2.04. The molecule has 7 heteroatoms. The van der Waals surface area contributed by atoms with Crippen molar-refractivity contribution >= 4 is 15.9 Å². The normalized spacial score (nSPS) is 11.3. The van der Waals surface area contributed by atoms with Gasteiger partial charge >= 0.3 is 0 Å². The first-order chi connectivity index (χ1) is 8.90. The number of nitrogens with one attached hydrogen (secondary N) is 2. The lowest BCUT2D eigenvalue weighted by Crippen LogP contribution is -2.34. The van der Waals surface area contributed by atoms with Crippen LogP contribution in [0.5, 0.6) is 0 Å². The van der Waals surface area contributed by atoms with Gasteiger partial charge in [0.25, 0.3) is 0 Å². The maximum Gasteiger partial charge on any atom is 0.224 e. The summed E-state index contributed by atoms with van der Waals surface area (Å²) in [6.07, 6.45) is 1.34. The Morgan fingerprint density at radius 2 is 1.74 bits per heavy atom. The van der Waals surface area contributed by atoms with Gasteiger partial charge in [0.05, 0.1) is 12.7 Å². The Morgan fingerprint density at radius 3 is 2.26 bits per heavy atom. The van der Waals surface area contributed by atoms with Crippen molar-refractivity contribution in [2.24, 2.45) is 5.73 Å². The minimum absolute atomic E-state index is 0.143. The number of carbonyl (C=O) groups is 1. The molecule has 1 aromatic rings. The van der Waals surface area contributed by atoms with Crippen molar-refractivity contribution in [1.29, 1.82) is 0 Å². The molecule has 1 amide bonds. The van der Waals surface area contributed by atoms with Crippen molar-refractivity contribution in [1.82, 2.24) is 10.0 Å². The van der Waals surface area contributed by atoms with Crippen molar-refractivity contribution in [3.8, 4) is 0 Å². The van der Waals surface area contributed by atoms with Crippen LogP contribution in [0.4, 0.5) is 0 Å². The molecule has 0 bridgehead atoms. The highest BCUT2D eigenvalue weighted by Gasteiger charge is 2.04. The number of sulfonamides is 1. The average molecular weight is 285 g/mol. The van der Waals surface area contributed by atoms with Gasteiger partial charge in [0.1, 0.15) is 0 Å². The van der Waals surface area contributed by atoms with Gasteiger partial charge in [-0.05, 0) is 11.1 Å². The molecule has 0 aromatic heterocycles. The van der Waals surface area contributed by atoms with E-state index in [0.29, 0.717) is 6.54 Å². The van der Waals surface area contributed by atoms with E-state index in [1.165, 1.54) is 0 Å². The van der Waals surface area contributed by atoms with Crippen LogP contribution in [0.15, 0.2) is 24.3 Å². The number of hydrogen-bond donors (Lipinski definition) is 3. The SMILES string of the molecule is CS(=O)(=O)NCCNC(=O)Cc1ccc(CN)cc1. The van der Waals surface area contributed by atoms with Crippen molar-refractivity contribution in [3.63, 3.8) is 0 Å². The second kappa shape index (κ2) is 7.22. The van der Waals surface area contributed by atoms with Gasteiger partial charge in [0, 0.05) is 19.6 Å². The molecule has 0 radical (unpaired) electrons. The molecule has 0 atom stereocenters. The average Bonchev–Trinajstić information content (AvgIpc) is 2.34. The van der Waals surface area contributed by atoms with E-state index in [1.807, 2.05) is 24.3 Å². The first kappa shape index (κ1) is 15.6. The third-order valence-corrected chi connectivity index (χ3v) is 3.16. The summed E-state index contributed by atoms with van der Waals surface area (Å²) in [5, 5.41) is 2.64. The van der Waals surface area contributed by atoms with Gasteiger partial charge in [0.2, 0.25) is 15.9 Å². The summed E-state index contributed by atoms with van der Waals surface area (Å²) in [7, 11) is -3.20. The van der Waals surface area contributed by atoms with E-state index < -0.39 is 10.0 Å². The fourth-order valence-corrected chi connectivity index (χ4v) is 1.95. The largest absolute Gasteiger partial charge is 0.355 e. The molecule has 106 valence electrons. The van der Waals surface area contributed by atoms with Crippen LogP contribution in [0.1, 0.15) is 11.1 Å². The molecule has 0 fully saturated rings. The Labute approximate surface area is 113 Å². The van der Waals surface area contributed by atoms with Gasteiger partial charge in [-0.15, -0.1) is 0 Å². The summed E-state index contributed by atoms with van der Waals surface area (Å²) in [5.74, 6) is -0.143. The third kappa shape index (κ3) is 6.90. The molecule has 0 heterocycles. The first-order valence-corrected chi connectivity index (χ1v) is 7.79. The van der Waals surface area contributed by atoms with Crippen molar-refractivity contribution < 1.29 is 13.2 Å². The van der Waals surface area contributed by atoms with Crippen LogP contribution < -0.4 is 15.8 Å². The molecule has 1 aromatic carbocycles. The fraction of sp³-hybridized carbons (Fsp3) is 0.417. The van der Waals surface area contributed by atoms with E-state index in [1.54, 1.807) is 0 Å². The Morgan fingerprint density at radius 1 is 1.16 bits per heavy atom. The van der Waals surface area contributed by atoms with E-state index in [0.717, 1.165) is 17.4 Å². The zero-order valence-corrected chi connectivity index (χ0v) is 11.7. The van der Waals surface area contributed by atoms with Crippen LogP contribution in [0.2, 0.25) is 0 Å². The fourth-order valence-electron chi connectivity index (χ4n) is 1.48. The monoisotopic (exact) mass is 285 g/mol. The quantitative estimate of drug-likeness (QED) is 0.580. The number of benzene rings is 1. The Balaban J connectivity index is 2.30. The van der Waals surface area contributed by atoms with E-state index in [4.69, 9.17) is 5.73 Å². The van der Waals surface area contributed by atoms with E-state index in [2.05, 4.69) is 10.0 Å². The molecular formula is C12H19N3O3S. The molecule has 0 spiro atoms. The van der Waals surface area contributed by atoms with E-state index in [9.17, 15) is 13.2 Å². The molecule has 6 nitrogen and oxygen atoms in total. The molecule has 19 heavy (non-hydrogen) atoms. The lowest BCUT2D eigenvalue weighted by atomic mass is 10.1. The summed E-state index contributed by atoms with van der Waals surface area (Å²) < 4.78 is 23.9. The Kier molecular flexibility index (Phi) is 5.94. The van der Waals surface area contributed by atoms with Crippen LogP contribution >= 0.6 is 0 Å². The second-order valence-electron chi connectivity index (χ2n) is 4.21. The lowest BCUT2D eigenvalue weighted by molar-refractivity contribution is -0.120. The van der Waals surface area contributed by atoms with Gasteiger partial charge in [-0.3, -0.25) is 4.79 Å². The van der Waals surface area contributed by atoms with Gasteiger partial charge in [0.15, 0.2) is 0 Å². The van der Waals surface area contributed by atoms with Crippen molar-refractivity contribution in [2.75, 3.05) is 19.3 Å². The molecule has 4 N–H and O–H groups in total. The van der Waals surface area contributed by atoms with E-state index in [-0.39, 0.29) is 25.4 Å². The molecular weight excluding hydrogens is 266 g/mol. The maximum absolute atomic E-state index is 11.6. The lowest BCUT2D eigenvalue weighted by Gasteiger charge is -2.06. The summed E-state index contributed by atoms with van der Waals surface area (Å²) >= 11 is 0. The number of hydrogen-bond acceptors (Lipinski definition) is 4. The van der Waals surface area contributed by atoms with Crippen LogP contribution in [-0.2, 0) is 27.8 Å². The van der Waals surface area contributed by atoms with Crippen LogP contribution in [-0.4, -0.2) is 33.7 Å². The number of rotatable bonds is 7. The third-order valence-electron chi connectivity index (χ3n) is 2.43. The smallest absolute Gasteiger partial charge is 0.224 e. The molecule has 1 rings (SSSR count). The van der Waals surface area contributed by atoms with Gasteiger partial charge in [-0.25, -0.2) is 13.1 Å². The molecule has 0 unspecified atom stereocenters. The topological polar surface area (TPSA) is 101 Å². The molecule has 0 saturated heterocycles. The first-order valence-electron chi connectivity index (χ1n) is 5.90. The van der Waals surface area contributed by atoms with Gasteiger partial charge in [-0.2, -0.15) is 0 Å². The van der Waals surface area contributed by atoms with Gasteiger partial charge < -0.3 is 11.1 Å². The van der Waals surface area contributed by atoms with Crippen LogP contribution in [0, 0.1) is 0 Å². The summed E-state index contributed by atoms with van der Waals surface area (Å²) in [4.78, 5) is 11.6. The predicted molar refractivity (Wildman–Crippen MR) is 73.9 cm³/mol. The van der Waals surface area contributed by atoms with Crippen LogP contribution in [0.25, 0.3) is 0 Å². The van der Waals surface area contributed by atoms with Crippen molar-refractivity contribution in [2.45, 2.75) is 13.0 Å². The Bertz CT molecular complexity index is 512. The maximum atomic E-state index is 11.6. The van der Waals surface area contributed by atoms with E-state index >= 15 is 0 Å². The zero-order valence-electron chi connectivity index (χ0n) is 10.8. The highest BCUT2D eigenvalue weighted by atomic mass is 32.2. The predicted octanol–water partition coefficient (Wildman–Crippen LogP) is -0.647. The second-order valence-corrected chi connectivity index (χ2v) is 6.05. The molecule has 0 aliphatic heterocycles. The number of amides is 1. The highest BCUT2D eigenvalue weighted by molar-refractivity contribution is 7.88. The molecule has 0 saturated carbocycles. The Hall–Kier alpha value is -1.44. The van der Waals surface area contributed by atoms with Gasteiger partial charge in [-0.1, -0.05) is 24.3 Å². The standard InChI is InChI=1S/C12H19N3O3S/c1-19(17,18)15-7-6-14-12(16)8-10-2-4-11(9-13)5-3-10/h2-5,15H,6-9,13H2,1H3,(H,14,16). The summed E-state index contributed by atoms with van der Waals surface area (Å²) in [6, 6.07) is 7.48. The van der Waals surface area contributed by atoms with Crippen LogP contribution in [0.3, 0.4) is 0 Å². The summed E-state index contributed by atoms with van der Waals surface area (Å²) in [5.41, 5.74) is 7.39. The van der Waals surface area contributed by atoms with Crippen molar-refractivity contribution in [3.05, 3.63) is 35.4 Å². The molecule has 0 aliphatic rings. The zero-order chi connectivity index (χ0) is 14.3. The minimum atomic E-state index is -3.20. The number of carbonyl (C=O) groups excluding carboxylic acids is 1. The molecule has 0 aliphatic carbocycles. The summed E-state index contributed by atoms with van der Waals surface area (Å²) in [6.45, 7) is 0.938.